The summed E-state index contributed by atoms with van der Waals surface area (Å²) in [5, 5.41) is 0. The topological polar surface area (TPSA) is 52.6 Å². The van der Waals surface area contributed by atoms with Crippen molar-refractivity contribution in [3.05, 3.63) is 35.4 Å². The summed E-state index contributed by atoms with van der Waals surface area (Å²) in [6.07, 6.45) is 3.28. The van der Waals surface area contributed by atoms with E-state index in [-0.39, 0.29) is 10.8 Å². The van der Waals surface area contributed by atoms with E-state index >= 15 is 0 Å². The second-order valence-electron chi connectivity index (χ2n) is 11.6. The normalized spacial score (nSPS) is 14.2. The van der Waals surface area contributed by atoms with Crippen LogP contribution in [0.4, 0.5) is 0 Å². The van der Waals surface area contributed by atoms with Gasteiger partial charge in [0.05, 0.1) is 5.56 Å². The molecule has 4 nitrogen and oxygen atoms in total. The van der Waals surface area contributed by atoms with Gasteiger partial charge in [-0.3, -0.25) is 0 Å². The summed E-state index contributed by atoms with van der Waals surface area (Å²) in [5.74, 6) is -0.699. The number of esters is 2. The molecule has 0 aliphatic rings. The summed E-state index contributed by atoms with van der Waals surface area (Å²) >= 11 is 0. The minimum Gasteiger partial charge on any atom is -0.457 e. The van der Waals surface area contributed by atoms with E-state index in [9.17, 15) is 9.59 Å². The monoisotopic (exact) mass is 432 g/mol. The zero-order valence-corrected chi connectivity index (χ0v) is 21.6. The Bertz CT molecular complexity index is 748. The quantitative estimate of drug-likeness (QED) is 0.384. The Morgan fingerprint density at radius 3 is 1.74 bits per heavy atom. The van der Waals surface area contributed by atoms with Gasteiger partial charge in [0.1, 0.15) is 5.60 Å². The number of ether oxygens (including phenoxy) is 2. The third kappa shape index (κ3) is 7.97. The van der Waals surface area contributed by atoms with E-state index in [1.807, 2.05) is 12.1 Å². The molecule has 0 saturated carbocycles. The van der Waals surface area contributed by atoms with Crippen LogP contribution in [-0.2, 0) is 14.3 Å². The maximum Gasteiger partial charge on any atom is 0.350 e. The van der Waals surface area contributed by atoms with Crippen molar-refractivity contribution in [2.45, 2.75) is 113 Å². The zero-order valence-electron chi connectivity index (χ0n) is 21.6. The Morgan fingerprint density at radius 1 is 0.806 bits per heavy atom. The van der Waals surface area contributed by atoms with E-state index in [2.05, 4.69) is 41.5 Å². The first-order valence-electron chi connectivity index (χ1n) is 11.5. The number of hydrogen-bond acceptors (Lipinski definition) is 4. The van der Waals surface area contributed by atoms with E-state index < -0.39 is 23.1 Å². The highest BCUT2D eigenvalue weighted by atomic mass is 16.6. The second-order valence-corrected chi connectivity index (χ2v) is 11.6. The lowest BCUT2D eigenvalue weighted by Gasteiger charge is -2.39. The van der Waals surface area contributed by atoms with Crippen LogP contribution in [0.5, 0.6) is 0 Å². The van der Waals surface area contributed by atoms with Gasteiger partial charge in [-0.2, -0.15) is 0 Å². The number of rotatable bonds is 9. The van der Waals surface area contributed by atoms with E-state index in [1.54, 1.807) is 46.8 Å². The van der Waals surface area contributed by atoms with Crippen molar-refractivity contribution in [1.29, 1.82) is 0 Å². The Morgan fingerprint density at radius 2 is 1.32 bits per heavy atom. The number of hydrogen-bond donors (Lipinski definition) is 0. The van der Waals surface area contributed by atoms with Crippen LogP contribution in [0, 0.1) is 10.8 Å². The van der Waals surface area contributed by atoms with E-state index in [0.717, 1.165) is 19.3 Å². The van der Waals surface area contributed by atoms with Crippen LogP contribution >= 0.6 is 0 Å². The maximum absolute atomic E-state index is 12.7. The lowest BCUT2D eigenvalue weighted by Crippen LogP contribution is -2.42. The molecule has 0 radical (unpaired) electrons. The summed E-state index contributed by atoms with van der Waals surface area (Å²) in [7, 11) is 0. The molecule has 1 unspecified atom stereocenters. The first-order valence-corrected chi connectivity index (χ1v) is 11.5. The van der Waals surface area contributed by atoms with Crippen molar-refractivity contribution >= 4 is 11.9 Å². The first-order chi connectivity index (χ1) is 13.9. The molecule has 0 aromatic heterocycles. The van der Waals surface area contributed by atoms with Gasteiger partial charge >= 0.3 is 11.9 Å². The van der Waals surface area contributed by atoms with Crippen molar-refractivity contribution in [3.8, 4) is 0 Å². The Balaban J connectivity index is 3.07. The maximum atomic E-state index is 12.7. The summed E-state index contributed by atoms with van der Waals surface area (Å²) in [6, 6.07) is 7.68. The van der Waals surface area contributed by atoms with Gasteiger partial charge in [0.25, 0.3) is 0 Å². The minimum absolute atomic E-state index is 0.146. The van der Waals surface area contributed by atoms with Crippen LogP contribution in [0.3, 0.4) is 0 Å². The molecule has 4 heteroatoms. The van der Waals surface area contributed by atoms with Crippen LogP contribution in [0.25, 0.3) is 0 Å². The molecule has 1 atom stereocenters. The van der Waals surface area contributed by atoms with Gasteiger partial charge in [-0.15, -0.1) is 0 Å². The van der Waals surface area contributed by atoms with E-state index in [1.165, 1.54) is 5.56 Å². The average Bonchev–Trinajstić information content (AvgIpc) is 2.64. The third-order valence-electron chi connectivity index (χ3n) is 6.36. The zero-order chi connectivity index (χ0) is 24.3. The largest absolute Gasteiger partial charge is 0.457 e. The predicted octanol–water partition coefficient (Wildman–Crippen LogP) is 7.31. The molecule has 0 aliphatic carbocycles. The van der Waals surface area contributed by atoms with Crippen LogP contribution in [0.1, 0.15) is 117 Å². The molecule has 1 rings (SSSR count). The Labute approximate surface area is 190 Å². The molecule has 0 heterocycles. The van der Waals surface area contributed by atoms with Gasteiger partial charge in [-0.25, -0.2) is 9.59 Å². The number of benzene rings is 1. The highest BCUT2D eigenvalue weighted by molar-refractivity contribution is 5.92. The van der Waals surface area contributed by atoms with Gasteiger partial charge in [-0.05, 0) is 75.5 Å². The lowest BCUT2D eigenvalue weighted by molar-refractivity contribution is -0.174. The van der Waals surface area contributed by atoms with Crippen LogP contribution in [0.2, 0.25) is 0 Å². The number of carbonyl (C=O) groups excluding carboxylic acids is 2. The summed E-state index contributed by atoms with van der Waals surface area (Å²) in [4.78, 5) is 25.1. The smallest absolute Gasteiger partial charge is 0.350 e. The molecule has 0 spiro atoms. The predicted molar refractivity (Wildman–Crippen MR) is 127 cm³/mol. The molecule has 0 aliphatic heterocycles. The fraction of sp³-hybridized carbons (Fsp3) is 0.704. The fourth-order valence-corrected chi connectivity index (χ4v) is 3.37. The van der Waals surface area contributed by atoms with Gasteiger partial charge < -0.3 is 9.47 Å². The van der Waals surface area contributed by atoms with Crippen molar-refractivity contribution in [2.75, 3.05) is 0 Å². The summed E-state index contributed by atoms with van der Waals surface area (Å²) < 4.78 is 10.9. The molecule has 0 amide bonds. The Hall–Kier alpha value is -1.84. The molecule has 0 fully saturated rings. The van der Waals surface area contributed by atoms with E-state index in [4.69, 9.17) is 9.47 Å². The highest BCUT2D eigenvalue weighted by Gasteiger charge is 2.37. The van der Waals surface area contributed by atoms with Gasteiger partial charge in [-0.1, -0.05) is 66.5 Å². The molecule has 176 valence electrons. The van der Waals surface area contributed by atoms with Crippen LogP contribution in [0.15, 0.2) is 24.3 Å². The van der Waals surface area contributed by atoms with Crippen molar-refractivity contribution < 1.29 is 19.1 Å². The molecular formula is C27H44O4. The fourth-order valence-electron chi connectivity index (χ4n) is 3.37. The molecule has 0 N–H and O–H groups in total. The van der Waals surface area contributed by atoms with Crippen LogP contribution in [-0.4, -0.2) is 23.1 Å². The van der Waals surface area contributed by atoms with Gasteiger partial charge in [0.15, 0.2) is 0 Å². The first kappa shape index (κ1) is 27.2. The van der Waals surface area contributed by atoms with E-state index in [0.29, 0.717) is 11.5 Å². The summed E-state index contributed by atoms with van der Waals surface area (Å²) in [5.41, 5.74) is 0.0512. The van der Waals surface area contributed by atoms with Crippen molar-refractivity contribution in [1.82, 2.24) is 0 Å². The van der Waals surface area contributed by atoms with Crippen molar-refractivity contribution in [2.24, 2.45) is 10.8 Å². The average molecular weight is 433 g/mol. The standard InChI is InChI=1S/C27H44O4/c1-12-25(6,7)18-21(26(8,9)13-2)19-14-16-20(17-15-19)22(28)30-27(10,11)23(29)31-24(3,4)5/h14-17,21H,12-13,18H2,1-11H3. The molecular weight excluding hydrogens is 388 g/mol. The Kier molecular flexibility index (Phi) is 8.55. The SMILES string of the molecule is CCC(C)(C)CC(c1ccc(C(=O)OC(C)(C)C(=O)OC(C)(C)C)cc1)C(C)(C)CC. The second kappa shape index (κ2) is 9.75. The van der Waals surface area contributed by atoms with Gasteiger partial charge in [0.2, 0.25) is 5.60 Å². The molecule has 1 aromatic carbocycles. The summed E-state index contributed by atoms with van der Waals surface area (Å²) in [6.45, 7) is 22.2. The minimum atomic E-state index is -1.36. The molecule has 0 bridgehead atoms. The van der Waals surface area contributed by atoms with Crippen molar-refractivity contribution in [3.63, 3.8) is 0 Å². The number of carbonyl (C=O) groups is 2. The van der Waals surface area contributed by atoms with Crippen LogP contribution < -0.4 is 0 Å². The third-order valence-corrected chi connectivity index (χ3v) is 6.36. The molecule has 0 saturated heterocycles. The van der Waals surface area contributed by atoms with Gasteiger partial charge in [0, 0.05) is 0 Å². The molecule has 1 aromatic rings. The lowest BCUT2D eigenvalue weighted by atomic mass is 9.66. The molecule has 31 heavy (non-hydrogen) atoms. The highest BCUT2D eigenvalue weighted by Crippen LogP contribution is 2.46.